The Balaban J connectivity index is 2.69. The molecule has 1 aliphatic rings. The van der Waals surface area contributed by atoms with Crippen molar-refractivity contribution < 1.29 is 10.2 Å². The maximum absolute atomic E-state index is 10.1. The van der Waals surface area contributed by atoms with E-state index in [2.05, 4.69) is 27.7 Å². The van der Waals surface area contributed by atoms with Crippen LogP contribution in [-0.2, 0) is 0 Å². The highest BCUT2D eigenvalue weighted by molar-refractivity contribution is 4.88. The molecule has 0 aromatic carbocycles. The number of hydrogen-bond donors (Lipinski definition) is 2. The van der Waals surface area contributed by atoms with Crippen LogP contribution in [0.1, 0.15) is 53.9 Å². The lowest BCUT2D eigenvalue weighted by Gasteiger charge is -2.43. The van der Waals surface area contributed by atoms with Gasteiger partial charge >= 0.3 is 0 Å². The first-order valence-electron chi connectivity index (χ1n) is 6.59. The molecule has 0 saturated heterocycles. The van der Waals surface area contributed by atoms with E-state index < -0.39 is 0 Å². The highest BCUT2D eigenvalue weighted by Crippen LogP contribution is 2.43. The molecule has 2 N–H and O–H groups in total. The molecule has 16 heavy (non-hydrogen) atoms. The second-order valence-corrected chi connectivity index (χ2v) is 6.71. The molecule has 1 aliphatic carbocycles. The van der Waals surface area contributed by atoms with Gasteiger partial charge in [-0.25, -0.2) is 0 Å². The van der Waals surface area contributed by atoms with Gasteiger partial charge in [0.2, 0.25) is 0 Å². The minimum Gasteiger partial charge on any atom is -0.393 e. The summed E-state index contributed by atoms with van der Waals surface area (Å²) in [5.74, 6) is 1.13. The molecule has 0 amide bonds. The van der Waals surface area contributed by atoms with Crippen LogP contribution in [0.25, 0.3) is 0 Å². The molecule has 0 heterocycles. The topological polar surface area (TPSA) is 40.5 Å². The molecule has 5 atom stereocenters. The van der Waals surface area contributed by atoms with Gasteiger partial charge in [-0.1, -0.05) is 27.7 Å². The summed E-state index contributed by atoms with van der Waals surface area (Å²) in [5, 5.41) is 19.7. The summed E-state index contributed by atoms with van der Waals surface area (Å²) in [7, 11) is 0. The Hall–Kier alpha value is -0.0800. The quantitative estimate of drug-likeness (QED) is 0.763. The molecule has 0 bridgehead atoms. The van der Waals surface area contributed by atoms with Crippen molar-refractivity contribution in [1.29, 1.82) is 0 Å². The molecule has 2 heteroatoms. The zero-order valence-corrected chi connectivity index (χ0v) is 11.4. The van der Waals surface area contributed by atoms with Gasteiger partial charge in [0.15, 0.2) is 0 Å². The monoisotopic (exact) mass is 228 g/mol. The number of aliphatic hydroxyl groups is 2. The minimum atomic E-state index is -0.321. The lowest BCUT2D eigenvalue weighted by molar-refractivity contribution is -0.0333. The fourth-order valence-electron chi connectivity index (χ4n) is 2.90. The highest BCUT2D eigenvalue weighted by atomic mass is 16.3. The maximum atomic E-state index is 10.1. The molecule has 0 radical (unpaired) electrons. The number of rotatable bonds is 2. The van der Waals surface area contributed by atoms with Crippen molar-refractivity contribution in [2.45, 2.75) is 66.1 Å². The van der Waals surface area contributed by atoms with E-state index in [1.54, 1.807) is 0 Å². The zero-order valence-electron chi connectivity index (χ0n) is 11.4. The molecule has 0 aliphatic heterocycles. The summed E-state index contributed by atoms with van der Waals surface area (Å²) in [6, 6.07) is 0. The van der Waals surface area contributed by atoms with Gasteiger partial charge in [-0.2, -0.15) is 0 Å². The van der Waals surface area contributed by atoms with E-state index in [1.165, 1.54) is 0 Å². The van der Waals surface area contributed by atoms with Crippen LogP contribution in [0.2, 0.25) is 0 Å². The third kappa shape index (κ3) is 3.21. The first-order chi connectivity index (χ1) is 7.23. The van der Waals surface area contributed by atoms with Crippen molar-refractivity contribution in [3.05, 3.63) is 0 Å². The third-order valence-electron chi connectivity index (χ3n) is 4.52. The van der Waals surface area contributed by atoms with Crippen molar-refractivity contribution in [3.8, 4) is 0 Å². The van der Waals surface area contributed by atoms with Crippen molar-refractivity contribution in [2.24, 2.45) is 23.2 Å². The average Bonchev–Trinajstić information content (AvgIpc) is 2.15. The van der Waals surface area contributed by atoms with Crippen molar-refractivity contribution in [3.63, 3.8) is 0 Å². The lowest BCUT2D eigenvalue weighted by Crippen LogP contribution is -2.40. The summed E-state index contributed by atoms with van der Waals surface area (Å²) in [4.78, 5) is 0. The van der Waals surface area contributed by atoms with Crippen LogP contribution in [0.4, 0.5) is 0 Å². The third-order valence-corrected chi connectivity index (χ3v) is 4.52. The Morgan fingerprint density at radius 2 is 1.69 bits per heavy atom. The van der Waals surface area contributed by atoms with E-state index in [1.807, 2.05) is 6.92 Å². The first-order valence-corrected chi connectivity index (χ1v) is 6.59. The van der Waals surface area contributed by atoms with E-state index in [-0.39, 0.29) is 24.0 Å². The molecule has 2 nitrogen and oxygen atoms in total. The Kier molecular flexibility index (Phi) is 4.42. The molecule has 0 spiro atoms. The van der Waals surface area contributed by atoms with Gasteiger partial charge in [-0.3, -0.25) is 0 Å². The fourth-order valence-corrected chi connectivity index (χ4v) is 2.90. The predicted molar refractivity (Wildman–Crippen MR) is 67.1 cm³/mol. The van der Waals surface area contributed by atoms with Crippen LogP contribution in [-0.4, -0.2) is 22.4 Å². The van der Waals surface area contributed by atoms with Crippen molar-refractivity contribution >= 4 is 0 Å². The first kappa shape index (κ1) is 14.0. The van der Waals surface area contributed by atoms with Crippen LogP contribution in [0.3, 0.4) is 0 Å². The molecule has 1 fully saturated rings. The van der Waals surface area contributed by atoms with E-state index in [4.69, 9.17) is 0 Å². The smallest absolute Gasteiger partial charge is 0.0572 e. The summed E-state index contributed by atoms with van der Waals surface area (Å²) < 4.78 is 0. The molecule has 96 valence electrons. The van der Waals surface area contributed by atoms with Crippen LogP contribution < -0.4 is 0 Å². The van der Waals surface area contributed by atoms with Gasteiger partial charge in [0, 0.05) is 0 Å². The minimum absolute atomic E-state index is 0.195. The summed E-state index contributed by atoms with van der Waals surface area (Å²) in [6.45, 7) is 10.7. The van der Waals surface area contributed by atoms with Crippen molar-refractivity contribution in [2.75, 3.05) is 0 Å². The van der Waals surface area contributed by atoms with Crippen LogP contribution in [0, 0.1) is 23.2 Å². The fraction of sp³-hybridized carbons (Fsp3) is 1.00. The van der Waals surface area contributed by atoms with Crippen molar-refractivity contribution in [1.82, 2.24) is 0 Å². The van der Waals surface area contributed by atoms with Gasteiger partial charge < -0.3 is 10.2 Å². The normalized spacial score (nSPS) is 35.8. The lowest BCUT2D eigenvalue weighted by atomic mass is 9.65. The van der Waals surface area contributed by atoms with E-state index in [0.29, 0.717) is 11.3 Å². The van der Waals surface area contributed by atoms with Gasteiger partial charge in [0.05, 0.1) is 12.2 Å². The van der Waals surface area contributed by atoms with Crippen LogP contribution >= 0.6 is 0 Å². The van der Waals surface area contributed by atoms with E-state index in [9.17, 15) is 10.2 Å². The zero-order chi connectivity index (χ0) is 12.5. The average molecular weight is 228 g/mol. The molecule has 5 unspecified atom stereocenters. The summed E-state index contributed by atoms with van der Waals surface area (Å²) >= 11 is 0. The molecular weight excluding hydrogens is 200 g/mol. The Morgan fingerprint density at radius 3 is 2.12 bits per heavy atom. The van der Waals surface area contributed by atoms with Gasteiger partial charge in [-0.15, -0.1) is 0 Å². The van der Waals surface area contributed by atoms with Crippen LogP contribution in [0.15, 0.2) is 0 Å². The Bertz CT molecular complexity index is 217. The molecule has 0 aromatic heterocycles. The Morgan fingerprint density at radius 1 is 1.12 bits per heavy atom. The number of aliphatic hydroxyl groups excluding tert-OH is 2. The van der Waals surface area contributed by atoms with E-state index >= 15 is 0 Å². The molecule has 0 aromatic rings. The molecule has 1 saturated carbocycles. The SMILES string of the molecule is CC(O)C(C)C1CC(C(C)(C)C)CCC1O. The molecule has 1 rings (SSSR count). The predicted octanol–water partition coefficient (Wildman–Crippen LogP) is 2.83. The van der Waals surface area contributed by atoms with E-state index in [0.717, 1.165) is 19.3 Å². The highest BCUT2D eigenvalue weighted by Gasteiger charge is 2.38. The van der Waals surface area contributed by atoms with Crippen LogP contribution in [0.5, 0.6) is 0 Å². The van der Waals surface area contributed by atoms with Gasteiger partial charge in [0.1, 0.15) is 0 Å². The Labute approximate surface area is 100 Å². The second kappa shape index (κ2) is 5.05. The largest absolute Gasteiger partial charge is 0.393 e. The second-order valence-electron chi connectivity index (χ2n) is 6.71. The van der Waals surface area contributed by atoms with Gasteiger partial charge in [0.25, 0.3) is 0 Å². The standard InChI is InChI=1S/C14H28O2/c1-9(10(2)15)12-8-11(14(3,4)5)6-7-13(12)16/h9-13,15-16H,6-8H2,1-5H3. The summed E-state index contributed by atoms with van der Waals surface area (Å²) in [6.07, 6.45) is 2.52. The number of hydrogen-bond acceptors (Lipinski definition) is 2. The maximum Gasteiger partial charge on any atom is 0.0572 e. The summed E-state index contributed by atoms with van der Waals surface area (Å²) in [5.41, 5.74) is 0.316. The van der Waals surface area contributed by atoms with Gasteiger partial charge in [-0.05, 0) is 49.4 Å². The molecular formula is C14H28O2.